The number of nitrogens with zero attached hydrogens (tertiary/aromatic N) is 3. The van der Waals surface area contributed by atoms with Gasteiger partial charge in [-0.05, 0) is 88.6 Å². The Morgan fingerprint density at radius 2 is 2.06 bits per heavy atom. The van der Waals surface area contributed by atoms with Crippen molar-refractivity contribution in [3.8, 4) is 11.1 Å². The lowest BCUT2D eigenvalue weighted by Gasteiger charge is -2.32. The van der Waals surface area contributed by atoms with E-state index in [9.17, 15) is 9.59 Å². The second kappa shape index (κ2) is 10.2. The summed E-state index contributed by atoms with van der Waals surface area (Å²) in [5.74, 6) is 0.932. The van der Waals surface area contributed by atoms with E-state index in [1.807, 2.05) is 11.3 Å². The van der Waals surface area contributed by atoms with E-state index >= 15 is 0 Å². The van der Waals surface area contributed by atoms with E-state index in [-0.39, 0.29) is 11.1 Å². The summed E-state index contributed by atoms with van der Waals surface area (Å²) in [6.45, 7) is 3.72. The van der Waals surface area contributed by atoms with Crippen LogP contribution in [0, 0.1) is 5.92 Å². The number of carbonyl (C=O) groups excluding carboxylic acids is 2. The summed E-state index contributed by atoms with van der Waals surface area (Å²) in [5.41, 5.74) is 3.24. The second-order valence-electron chi connectivity index (χ2n) is 8.01. The molecule has 7 nitrogen and oxygen atoms in total. The topological polar surface area (TPSA) is 87.2 Å². The van der Waals surface area contributed by atoms with Crippen molar-refractivity contribution in [3.63, 3.8) is 0 Å². The number of amides is 2. The van der Waals surface area contributed by atoms with Crippen molar-refractivity contribution in [2.24, 2.45) is 5.92 Å². The third-order valence-electron chi connectivity index (χ3n) is 5.72. The summed E-state index contributed by atoms with van der Waals surface area (Å²) >= 11 is 4.44. The van der Waals surface area contributed by atoms with Gasteiger partial charge in [0.25, 0.3) is 11.1 Å². The molecule has 2 aliphatic heterocycles. The Morgan fingerprint density at radius 1 is 1.18 bits per heavy atom. The number of anilines is 1. The number of hydrogen-bond donors (Lipinski definition) is 2. The summed E-state index contributed by atoms with van der Waals surface area (Å²) < 4.78 is 0. The number of nitrogens with one attached hydrogen (secondary N) is 2. The van der Waals surface area contributed by atoms with Crippen LogP contribution in [0.1, 0.15) is 23.4 Å². The molecule has 0 aliphatic carbocycles. The lowest BCUT2D eigenvalue weighted by molar-refractivity contribution is -0.115. The summed E-state index contributed by atoms with van der Waals surface area (Å²) in [4.78, 5) is 36.0. The van der Waals surface area contributed by atoms with Crippen molar-refractivity contribution < 1.29 is 9.59 Å². The lowest BCUT2D eigenvalue weighted by atomic mass is 9.97. The Bertz CT molecular complexity index is 1170. The second-order valence-corrected chi connectivity index (χ2v) is 10.8. The Morgan fingerprint density at radius 3 is 2.82 bits per heavy atom. The molecule has 0 radical (unpaired) electrons. The van der Waals surface area contributed by atoms with Crippen LogP contribution in [0.2, 0.25) is 0 Å². The van der Waals surface area contributed by atoms with E-state index in [1.54, 1.807) is 29.7 Å². The predicted octanol–water partition coefficient (Wildman–Crippen LogP) is 4.60. The quantitative estimate of drug-likeness (QED) is 0.462. The van der Waals surface area contributed by atoms with Gasteiger partial charge in [0.2, 0.25) is 5.95 Å². The molecule has 2 amide bonds. The van der Waals surface area contributed by atoms with Gasteiger partial charge >= 0.3 is 0 Å². The highest BCUT2D eigenvalue weighted by Gasteiger charge is 2.25. The molecule has 170 valence electrons. The SMILES string of the molecule is O=C1NC(=O)/C(=C/c2ccnc(N3CCC(CNCc4cc(-c5ccsc5)cs4)CC3)n2)S1. The molecule has 2 saturated heterocycles. The highest BCUT2D eigenvalue weighted by molar-refractivity contribution is 8.18. The Kier molecular flexibility index (Phi) is 6.86. The minimum atomic E-state index is -0.372. The summed E-state index contributed by atoms with van der Waals surface area (Å²) in [7, 11) is 0. The van der Waals surface area contributed by atoms with Crippen LogP contribution in [0.5, 0.6) is 0 Å². The molecule has 2 fully saturated rings. The Hall–Kier alpha value is -2.53. The molecule has 10 heteroatoms. The van der Waals surface area contributed by atoms with Gasteiger partial charge in [-0.25, -0.2) is 9.97 Å². The minimum absolute atomic E-state index is 0.349. The fraction of sp³-hybridized carbons (Fsp3) is 0.304. The Labute approximate surface area is 204 Å². The van der Waals surface area contributed by atoms with E-state index in [1.165, 1.54) is 16.0 Å². The maximum atomic E-state index is 11.8. The molecule has 0 saturated carbocycles. The Balaban J connectivity index is 1.10. The van der Waals surface area contributed by atoms with Gasteiger partial charge < -0.3 is 10.2 Å². The molecule has 3 aromatic rings. The average molecular weight is 498 g/mol. The van der Waals surface area contributed by atoms with Crippen LogP contribution in [0.3, 0.4) is 0 Å². The summed E-state index contributed by atoms with van der Waals surface area (Å²) in [5, 5.41) is 12.1. The van der Waals surface area contributed by atoms with Crippen LogP contribution in [0.15, 0.2) is 45.4 Å². The fourth-order valence-electron chi connectivity index (χ4n) is 3.94. The number of hydrogen-bond acceptors (Lipinski definition) is 9. The summed E-state index contributed by atoms with van der Waals surface area (Å²) in [6, 6.07) is 6.20. The van der Waals surface area contributed by atoms with E-state index < -0.39 is 0 Å². The molecule has 0 unspecified atom stereocenters. The minimum Gasteiger partial charge on any atom is -0.341 e. The molecule has 0 bridgehead atoms. The molecular weight excluding hydrogens is 474 g/mol. The van der Waals surface area contributed by atoms with E-state index in [0.29, 0.717) is 22.5 Å². The number of aromatic nitrogens is 2. The van der Waals surface area contributed by atoms with Crippen LogP contribution in [-0.2, 0) is 11.3 Å². The maximum Gasteiger partial charge on any atom is 0.290 e. The normalized spacial score (nSPS) is 18.3. The molecular formula is C23H23N5O2S3. The van der Waals surface area contributed by atoms with Gasteiger partial charge in [0, 0.05) is 30.7 Å². The average Bonchev–Trinajstić information content (AvgIpc) is 3.57. The first-order valence-electron chi connectivity index (χ1n) is 10.8. The number of thiophene rings is 2. The molecule has 2 N–H and O–H groups in total. The van der Waals surface area contributed by atoms with Crippen molar-refractivity contribution in [2.75, 3.05) is 24.5 Å². The predicted molar refractivity (Wildman–Crippen MR) is 135 cm³/mol. The highest BCUT2D eigenvalue weighted by Crippen LogP contribution is 2.28. The first kappa shape index (κ1) is 22.3. The van der Waals surface area contributed by atoms with Gasteiger partial charge in [0.15, 0.2) is 0 Å². The number of piperidine rings is 1. The number of thioether (sulfide) groups is 1. The van der Waals surface area contributed by atoms with Crippen LogP contribution < -0.4 is 15.5 Å². The van der Waals surface area contributed by atoms with Crippen molar-refractivity contribution in [2.45, 2.75) is 19.4 Å². The van der Waals surface area contributed by atoms with Crippen LogP contribution >= 0.6 is 34.4 Å². The van der Waals surface area contributed by atoms with Gasteiger partial charge in [-0.15, -0.1) is 11.3 Å². The van der Waals surface area contributed by atoms with Crippen molar-refractivity contribution >= 4 is 57.6 Å². The van der Waals surface area contributed by atoms with E-state index in [2.05, 4.69) is 53.8 Å². The van der Waals surface area contributed by atoms with Gasteiger partial charge in [0.1, 0.15) is 0 Å². The highest BCUT2D eigenvalue weighted by atomic mass is 32.2. The third-order valence-corrected chi connectivity index (χ3v) is 8.15. The zero-order chi connectivity index (χ0) is 22.6. The van der Waals surface area contributed by atoms with Crippen molar-refractivity contribution in [1.29, 1.82) is 0 Å². The smallest absolute Gasteiger partial charge is 0.290 e. The van der Waals surface area contributed by atoms with Gasteiger partial charge in [-0.3, -0.25) is 14.9 Å². The zero-order valence-electron chi connectivity index (χ0n) is 17.8. The third kappa shape index (κ3) is 5.52. The van der Waals surface area contributed by atoms with Gasteiger partial charge in [0.05, 0.1) is 10.6 Å². The molecule has 5 heterocycles. The number of imide groups is 1. The first-order valence-corrected chi connectivity index (χ1v) is 13.4. The first-order chi connectivity index (χ1) is 16.1. The maximum absolute atomic E-state index is 11.8. The van der Waals surface area contributed by atoms with Crippen molar-refractivity contribution in [1.82, 2.24) is 20.6 Å². The zero-order valence-corrected chi connectivity index (χ0v) is 20.3. The molecule has 0 spiro atoms. The molecule has 33 heavy (non-hydrogen) atoms. The van der Waals surface area contributed by atoms with Crippen LogP contribution in [0.25, 0.3) is 17.2 Å². The monoisotopic (exact) mass is 497 g/mol. The lowest BCUT2D eigenvalue weighted by Crippen LogP contribution is -2.38. The standard InChI is InChI=1S/C23H23N5O2S3/c29-21-20(33-23(30)27-21)10-18-1-5-25-22(26-18)28-6-2-15(3-7-28)11-24-12-19-9-17(14-32-19)16-4-8-31-13-16/h1,4-5,8-10,13-15,24H,2-3,6-7,11-12H2,(H,27,29,30)/b20-10-. The largest absolute Gasteiger partial charge is 0.341 e. The molecule has 0 atom stereocenters. The van der Waals surface area contributed by atoms with Crippen LogP contribution in [-0.4, -0.2) is 40.7 Å². The van der Waals surface area contributed by atoms with E-state index in [0.717, 1.165) is 50.8 Å². The molecule has 0 aromatic carbocycles. The van der Waals surface area contributed by atoms with E-state index in [4.69, 9.17) is 0 Å². The number of rotatable bonds is 7. The number of carbonyl (C=O) groups is 2. The van der Waals surface area contributed by atoms with Gasteiger partial charge in [-0.1, -0.05) is 0 Å². The van der Waals surface area contributed by atoms with Gasteiger partial charge in [-0.2, -0.15) is 11.3 Å². The van der Waals surface area contributed by atoms with Crippen molar-refractivity contribution in [3.05, 3.63) is 56.0 Å². The molecule has 5 rings (SSSR count). The summed E-state index contributed by atoms with van der Waals surface area (Å²) in [6.07, 6.45) is 5.51. The molecule has 3 aromatic heterocycles. The molecule has 2 aliphatic rings. The van der Waals surface area contributed by atoms with Crippen LogP contribution in [0.4, 0.5) is 10.7 Å². The fourth-order valence-corrected chi connectivity index (χ4v) is 6.13.